The third-order valence-corrected chi connectivity index (χ3v) is 3.09. The molecule has 0 aromatic heterocycles. The van der Waals surface area contributed by atoms with Gasteiger partial charge in [0.2, 0.25) is 0 Å². The van der Waals surface area contributed by atoms with Crippen molar-refractivity contribution in [1.29, 1.82) is 0 Å². The largest absolute Gasteiger partial charge is 0.325 e. The predicted molar refractivity (Wildman–Crippen MR) is 60.7 cm³/mol. The molecule has 1 aromatic carbocycles. The van der Waals surface area contributed by atoms with Crippen molar-refractivity contribution in [2.45, 2.75) is 38.1 Å². The van der Waals surface area contributed by atoms with Crippen LogP contribution in [0.25, 0.3) is 0 Å². The van der Waals surface area contributed by atoms with Gasteiger partial charge in [-0.15, -0.1) is 0 Å². The quantitative estimate of drug-likeness (QED) is 0.814. The molecule has 14 heavy (non-hydrogen) atoms. The fourth-order valence-electron chi connectivity index (χ4n) is 1.77. The minimum absolute atomic E-state index is 0.0791. The van der Waals surface area contributed by atoms with Crippen LogP contribution < -0.4 is 5.73 Å². The maximum atomic E-state index is 6.08. The molecule has 0 radical (unpaired) electrons. The van der Waals surface area contributed by atoms with Crippen LogP contribution in [-0.4, -0.2) is 5.54 Å². The number of rotatable bonds is 3. The first-order chi connectivity index (χ1) is 6.61. The molecule has 0 bridgehead atoms. The fraction of sp³-hybridized carbons (Fsp3) is 0.500. The van der Waals surface area contributed by atoms with Gasteiger partial charge in [-0.05, 0) is 48.9 Å². The highest BCUT2D eigenvalue weighted by molar-refractivity contribution is 6.30. The van der Waals surface area contributed by atoms with Crippen LogP contribution >= 0.6 is 11.6 Å². The lowest BCUT2D eigenvalue weighted by Crippen LogP contribution is -2.24. The summed E-state index contributed by atoms with van der Waals surface area (Å²) in [5, 5.41) is 0.837. The summed E-state index contributed by atoms with van der Waals surface area (Å²) < 4.78 is 0. The highest BCUT2D eigenvalue weighted by Crippen LogP contribution is 2.36. The lowest BCUT2D eigenvalue weighted by Gasteiger charge is -2.10. The minimum Gasteiger partial charge on any atom is -0.325 e. The molecule has 1 aliphatic carbocycles. The maximum Gasteiger partial charge on any atom is 0.0411 e. The Kier molecular flexibility index (Phi) is 2.54. The van der Waals surface area contributed by atoms with Crippen molar-refractivity contribution in [1.82, 2.24) is 0 Å². The Morgan fingerprint density at radius 1 is 1.29 bits per heavy atom. The van der Waals surface area contributed by atoms with Crippen LogP contribution in [0.15, 0.2) is 18.2 Å². The second-order valence-electron chi connectivity index (χ2n) is 4.36. The molecule has 1 saturated carbocycles. The number of nitrogens with two attached hydrogens (primary N) is 1. The van der Waals surface area contributed by atoms with Gasteiger partial charge in [-0.25, -0.2) is 0 Å². The zero-order chi connectivity index (χ0) is 10.2. The average Bonchev–Trinajstić information content (AvgIpc) is 2.82. The van der Waals surface area contributed by atoms with Crippen LogP contribution in [0.1, 0.15) is 30.9 Å². The van der Waals surface area contributed by atoms with Crippen LogP contribution in [0.5, 0.6) is 0 Å². The van der Waals surface area contributed by atoms with E-state index in [1.807, 2.05) is 12.1 Å². The molecule has 76 valence electrons. The molecule has 1 aliphatic rings. The van der Waals surface area contributed by atoms with Crippen molar-refractivity contribution >= 4 is 11.6 Å². The number of halogens is 1. The third kappa shape index (κ3) is 2.28. The van der Waals surface area contributed by atoms with E-state index in [4.69, 9.17) is 17.3 Å². The highest BCUT2D eigenvalue weighted by Gasteiger charge is 2.37. The lowest BCUT2D eigenvalue weighted by atomic mass is 10.0. The third-order valence-electron chi connectivity index (χ3n) is 2.87. The van der Waals surface area contributed by atoms with Gasteiger partial charge in [0.15, 0.2) is 0 Å². The number of hydrogen-bond acceptors (Lipinski definition) is 1. The summed E-state index contributed by atoms with van der Waals surface area (Å²) >= 11 is 6.04. The molecule has 0 amide bonds. The lowest BCUT2D eigenvalue weighted by molar-refractivity contribution is 0.671. The summed E-state index contributed by atoms with van der Waals surface area (Å²) in [7, 11) is 0. The standard InChI is InChI=1S/C12H16ClN/c1-2-9-5-10(7-11(13)6-9)8-12(14)3-4-12/h5-7H,2-4,8,14H2,1H3. The predicted octanol–water partition coefficient (Wildman–Crippen LogP) is 2.94. The van der Waals surface area contributed by atoms with Crippen molar-refractivity contribution in [2.24, 2.45) is 5.73 Å². The van der Waals surface area contributed by atoms with Gasteiger partial charge in [0.1, 0.15) is 0 Å². The van der Waals surface area contributed by atoms with Crippen molar-refractivity contribution < 1.29 is 0 Å². The zero-order valence-corrected chi connectivity index (χ0v) is 9.27. The van der Waals surface area contributed by atoms with Gasteiger partial charge in [0.25, 0.3) is 0 Å². The van der Waals surface area contributed by atoms with Crippen molar-refractivity contribution in [2.75, 3.05) is 0 Å². The van der Waals surface area contributed by atoms with Gasteiger partial charge < -0.3 is 5.73 Å². The molecule has 0 spiro atoms. The Balaban J connectivity index is 2.20. The molecular weight excluding hydrogens is 194 g/mol. The Morgan fingerprint density at radius 2 is 1.93 bits per heavy atom. The van der Waals surface area contributed by atoms with E-state index >= 15 is 0 Å². The van der Waals surface area contributed by atoms with E-state index in [1.54, 1.807) is 0 Å². The van der Waals surface area contributed by atoms with Gasteiger partial charge in [0, 0.05) is 10.6 Å². The van der Waals surface area contributed by atoms with E-state index in [0.717, 1.165) is 30.7 Å². The average molecular weight is 210 g/mol. The summed E-state index contributed by atoms with van der Waals surface area (Å²) in [5.74, 6) is 0. The fourth-order valence-corrected chi connectivity index (χ4v) is 2.05. The van der Waals surface area contributed by atoms with E-state index in [2.05, 4.69) is 13.0 Å². The van der Waals surface area contributed by atoms with Gasteiger partial charge in [0.05, 0.1) is 0 Å². The van der Waals surface area contributed by atoms with Crippen molar-refractivity contribution in [3.63, 3.8) is 0 Å². The van der Waals surface area contributed by atoms with E-state index < -0.39 is 0 Å². The normalized spacial score (nSPS) is 18.2. The maximum absolute atomic E-state index is 6.08. The molecule has 0 atom stereocenters. The van der Waals surface area contributed by atoms with Crippen molar-refractivity contribution in [3.05, 3.63) is 34.3 Å². The van der Waals surface area contributed by atoms with Crippen LogP contribution in [0.2, 0.25) is 5.02 Å². The SMILES string of the molecule is CCc1cc(Cl)cc(CC2(N)CC2)c1. The van der Waals surface area contributed by atoms with E-state index in [0.29, 0.717) is 0 Å². The highest BCUT2D eigenvalue weighted by atomic mass is 35.5. The first kappa shape index (κ1) is 10.0. The molecule has 1 aromatic rings. The van der Waals surface area contributed by atoms with E-state index in [1.165, 1.54) is 11.1 Å². The van der Waals surface area contributed by atoms with Crippen LogP contribution in [0, 0.1) is 0 Å². The van der Waals surface area contributed by atoms with Crippen LogP contribution in [0.3, 0.4) is 0 Å². The number of benzene rings is 1. The first-order valence-corrected chi connectivity index (χ1v) is 5.56. The Labute approximate surface area is 90.3 Å². The number of hydrogen-bond donors (Lipinski definition) is 1. The molecule has 0 unspecified atom stereocenters. The summed E-state index contributed by atoms with van der Waals surface area (Å²) in [6, 6.07) is 6.29. The molecule has 2 heteroatoms. The molecule has 2 rings (SSSR count). The van der Waals surface area contributed by atoms with Gasteiger partial charge >= 0.3 is 0 Å². The van der Waals surface area contributed by atoms with Crippen LogP contribution in [-0.2, 0) is 12.8 Å². The summed E-state index contributed by atoms with van der Waals surface area (Å²) in [4.78, 5) is 0. The Morgan fingerprint density at radius 3 is 2.50 bits per heavy atom. The first-order valence-electron chi connectivity index (χ1n) is 5.18. The Hall–Kier alpha value is -0.530. The molecule has 0 heterocycles. The van der Waals surface area contributed by atoms with E-state index in [-0.39, 0.29) is 5.54 Å². The zero-order valence-electron chi connectivity index (χ0n) is 8.52. The molecule has 0 aliphatic heterocycles. The topological polar surface area (TPSA) is 26.0 Å². The summed E-state index contributed by atoms with van der Waals surface area (Å²) in [5.41, 5.74) is 8.75. The van der Waals surface area contributed by atoms with Crippen LogP contribution in [0.4, 0.5) is 0 Å². The molecule has 1 fully saturated rings. The summed E-state index contributed by atoms with van der Waals surface area (Å²) in [6.07, 6.45) is 4.31. The number of aryl methyl sites for hydroxylation is 1. The minimum atomic E-state index is 0.0791. The molecular formula is C12H16ClN. The van der Waals surface area contributed by atoms with Gasteiger partial charge in [-0.3, -0.25) is 0 Å². The van der Waals surface area contributed by atoms with E-state index in [9.17, 15) is 0 Å². The monoisotopic (exact) mass is 209 g/mol. The summed E-state index contributed by atoms with van der Waals surface area (Å²) in [6.45, 7) is 2.14. The smallest absolute Gasteiger partial charge is 0.0411 e. The Bertz CT molecular complexity index is 342. The van der Waals surface area contributed by atoms with Crippen molar-refractivity contribution in [3.8, 4) is 0 Å². The van der Waals surface area contributed by atoms with Gasteiger partial charge in [-0.1, -0.05) is 24.6 Å². The second-order valence-corrected chi connectivity index (χ2v) is 4.80. The molecule has 0 saturated heterocycles. The van der Waals surface area contributed by atoms with Gasteiger partial charge in [-0.2, -0.15) is 0 Å². The molecule has 2 N–H and O–H groups in total. The molecule has 1 nitrogen and oxygen atoms in total. The second kappa shape index (κ2) is 3.56.